The molecule has 3 aromatic rings. The van der Waals surface area contributed by atoms with E-state index in [1.807, 2.05) is 24.0 Å². The van der Waals surface area contributed by atoms with Crippen LogP contribution >= 0.6 is 0 Å². The first-order valence-corrected chi connectivity index (χ1v) is 10.7. The van der Waals surface area contributed by atoms with E-state index in [1.54, 1.807) is 11.0 Å². The van der Waals surface area contributed by atoms with Gasteiger partial charge in [-0.1, -0.05) is 12.1 Å². The van der Waals surface area contributed by atoms with Crippen molar-refractivity contribution in [3.63, 3.8) is 0 Å². The van der Waals surface area contributed by atoms with Crippen molar-refractivity contribution in [3.05, 3.63) is 64.3 Å². The molecule has 0 N–H and O–H groups in total. The predicted octanol–water partition coefficient (Wildman–Crippen LogP) is 3.25. The molecular weight excluding hydrogens is 435 g/mol. The number of rotatable bonds is 4. The summed E-state index contributed by atoms with van der Waals surface area (Å²) in [5.41, 5.74) is 0.623. The van der Waals surface area contributed by atoms with Crippen LogP contribution in [0.5, 0.6) is 0 Å². The first kappa shape index (κ1) is 22.8. The molecule has 10 heteroatoms. The zero-order valence-corrected chi connectivity index (χ0v) is 18.2. The lowest BCUT2D eigenvalue weighted by molar-refractivity contribution is -0.137. The van der Waals surface area contributed by atoms with Crippen molar-refractivity contribution in [2.45, 2.75) is 32.5 Å². The van der Waals surface area contributed by atoms with E-state index in [1.165, 1.54) is 17.0 Å². The molecular formula is C23H24F3N5O2. The second-order valence-corrected chi connectivity index (χ2v) is 8.09. The van der Waals surface area contributed by atoms with Crippen LogP contribution in [0.2, 0.25) is 0 Å². The van der Waals surface area contributed by atoms with Gasteiger partial charge in [-0.25, -0.2) is 9.97 Å². The second-order valence-electron chi connectivity index (χ2n) is 8.09. The van der Waals surface area contributed by atoms with Gasteiger partial charge < -0.3 is 9.80 Å². The molecule has 0 unspecified atom stereocenters. The van der Waals surface area contributed by atoms with Gasteiger partial charge in [0.2, 0.25) is 5.91 Å². The van der Waals surface area contributed by atoms with Gasteiger partial charge >= 0.3 is 6.18 Å². The summed E-state index contributed by atoms with van der Waals surface area (Å²) in [7, 11) is 0. The summed E-state index contributed by atoms with van der Waals surface area (Å²) in [6.45, 7) is 4.17. The minimum Gasteiger partial charge on any atom is -0.355 e. The maximum absolute atomic E-state index is 12.8. The van der Waals surface area contributed by atoms with Crippen molar-refractivity contribution in [2.24, 2.45) is 0 Å². The Balaban J connectivity index is 1.37. The van der Waals surface area contributed by atoms with E-state index in [-0.39, 0.29) is 24.4 Å². The Morgan fingerprint density at radius 3 is 2.61 bits per heavy atom. The normalized spacial score (nSPS) is 15.0. The fraction of sp³-hybridized carbons (Fsp3) is 0.391. The molecule has 0 bridgehead atoms. The highest BCUT2D eigenvalue weighted by atomic mass is 19.4. The van der Waals surface area contributed by atoms with Crippen LogP contribution in [0.4, 0.5) is 19.0 Å². The number of hydrogen-bond donors (Lipinski definition) is 0. The molecule has 174 valence electrons. The average Bonchev–Trinajstić information content (AvgIpc) is 3.05. The molecule has 1 aliphatic heterocycles. The Morgan fingerprint density at radius 2 is 1.88 bits per heavy atom. The highest BCUT2D eigenvalue weighted by molar-refractivity contribution is 5.80. The third-order valence-corrected chi connectivity index (χ3v) is 5.87. The number of amides is 1. The molecule has 0 aliphatic carbocycles. The van der Waals surface area contributed by atoms with E-state index in [9.17, 15) is 22.8 Å². The van der Waals surface area contributed by atoms with E-state index in [2.05, 4.69) is 9.97 Å². The molecule has 1 aromatic carbocycles. The van der Waals surface area contributed by atoms with Gasteiger partial charge in [0.1, 0.15) is 5.82 Å². The van der Waals surface area contributed by atoms with Gasteiger partial charge in [0.15, 0.2) is 0 Å². The molecule has 0 saturated carbocycles. The SMILES string of the molecule is Cc1cccc2c(=O)n(CCC(=O)N3CCCN(c4ccc(C(F)(F)F)cn4)CC3)cnc12. The molecule has 33 heavy (non-hydrogen) atoms. The molecule has 4 rings (SSSR count). The number of anilines is 1. The van der Waals surface area contributed by atoms with E-state index < -0.39 is 11.7 Å². The van der Waals surface area contributed by atoms with Gasteiger partial charge in [0, 0.05) is 45.3 Å². The molecule has 1 amide bonds. The lowest BCUT2D eigenvalue weighted by Gasteiger charge is -2.23. The summed E-state index contributed by atoms with van der Waals surface area (Å²) in [5, 5.41) is 0.527. The first-order valence-electron chi connectivity index (χ1n) is 10.7. The minimum absolute atomic E-state index is 0.0755. The predicted molar refractivity (Wildman–Crippen MR) is 118 cm³/mol. The lowest BCUT2D eigenvalue weighted by atomic mass is 10.1. The van der Waals surface area contributed by atoms with Crippen molar-refractivity contribution in [1.29, 1.82) is 0 Å². The number of nitrogens with zero attached hydrogens (tertiary/aromatic N) is 5. The number of benzene rings is 1. The number of aromatic nitrogens is 3. The van der Waals surface area contributed by atoms with Gasteiger partial charge in [-0.2, -0.15) is 13.2 Å². The molecule has 0 radical (unpaired) electrons. The smallest absolute Gasteiger partial charge is 0.355 e. The van der Waals surface area contributed by atoms with Crippen molar-refractivity contribution < 1.29 is 18.0 Å². The number of pyridine rings is 1. The monoisotopic (exact) mass is 459 g/mol. The first-order chi connectivity index (χ1) is 15.7. The van der Waals surface area contributed by atoms with Gasteiger partial charge in [-0.3, -0.25) is 14.2 Å². The Hall–Kier alpha value is -3.43. The van der Waals surface area contributed by atoms with Crippen LogP contribution in [0.3, 0.4) is 0 Å². The van der Waals surface area contributed by atoms with Crippen LogP contribution < -0.4 is 10.5 Å². The summed E-state index contributed by atoms with van der Waals surface area (Å²) in [6.07, 6.45) is -1.27. The maximum atomic E-state index is 12.8. The highest BCUT2D eigenvalue weighted by Gasteiger charge is 2.31. The van der Waals surface area contributed by atoms with E-state index in [4.69, 9.17) is 0 Å². The van der Waals surface area contributed by atoms with Crippen molar-refractivity contribution >= 4 is 22.6 Å². The van der Waals surface area contributed by atoms with Gasteiger partial charge in [0.05, 0.1) is 22.8 Å². The molecule has 1 aliphatic rings. The Kier molecular flexibility index (Phi) is 6.35. The molecule has 3 heterocycles. The molecule has 2 aromatic heterocycles. The van der Waals surface area contributed by atoms with Gasteiger partial charge in [0.25, 0.3) is 5.56 Å². The molecule has 0 atom stereocenters. The van der Waals surface area contributed by atoms with Gasteiger partial charge in [-0.15, -0.1) is 0 Å². The maximum Gasteiger partial charge on any atom is 0.417 e. The number of halogens is 3. The molecule has 0 spiro atoms. The zero-order valence-electron chi connectivity index (χ0n) is 18.2. The summed E-state index contributed by atoms with van der Waals surface area (Å²) in [4.78, 5) is 37.4. The molecule has 1 saturated heterocycles. The number of carbonyl (C=O) groups excluding carboxylic acids is 1. The van der Waals surface area contributed by atoms with Crippen molar-refractivity contribution in [3.8, 4) is 0 Å². The Bertz CT molecular complexity index is 1210. The Labute approximate surface area is 188 Å². The van der Waals surface area contributed by atoms with Crippen LogP contribution in [-0.4, -0.2) is 51.5 Å². The highest BCUT2D eigenvalue weighted by Crippen LogP contribution is 2.29. The quantitative estimate of drug-likeness (QED) is 0.599. The fourth-order valence-corrected chi connectivity index (χ4v) is 4.01. The Morgan fingerprint density at radius 1 is 1.06 bits per heavy atom. The number of alkyl halides is 3. The van der Waals surface area contributed by atoms with Crippen molar-refractivity contribution in [1.82, 2.24) is 19.4 Å². The second kappa shape index (κ2) is 9.21. The summed E-state index contributed by atoms with van der Waals surface area (Å²) in [5.74, 6) is 0.384. The van der Waals surface area contributed by atoms with Gasteiger partial charge in [-0.05, 0) is 37.1 Å². The number of aryl methyl sites for hydroxylation is 2. The topological polar surface area (TPSA) is 71.3 Å². The number of hydrogen-bond acceptors (Lipinski definition) is 5. The molecule has 7 nitrogen and oxygen atoms in total. The average molecular weight is 459 g/mol. The summed E-state index contributed by atoms with van der Waals surface area (Å²) >= 11 is 0. The fourth-order valence-electron chi connectivity index (χ4n) is 4.01. The van der Waals surface area contributed by atoms with Crippen molar-refractivity contribution in [2.75, 3.05) is 31.1 Å². The van der Waals surface area contributed by atoms with E-state index in [0.717, 1.165) is 17.8 Å². The van der Waals surface area contributed by atoms with Crippen LogP contribution in [0, 0.1) is 6.92 Å². The third-order valence-electron chi connectivity index (χ3n) is 5.87. The lowest BCUT2D eigenvalue weighted by Crippen LogP contribution is -2.36. The van der Waals surface area contributed by atoms with Crippen LogP contribution in [0.25, 0.3) is 10.9 Å². The standard InChI is InChI=1S/C23H24F3N5O2/c1-16-4-2-5-18-21(16)28-15-31(22(18)33)11-8-20(32)30-10-3-9-29(12-13-30)19-7-6-17(14-27-19)23(24,25)26/h2,4-7,14-15H,3,8-13H2,1H3. The number of carbonyl (C=O) groups is 1. The summed E-state index contributed by atoms with van der Waals surface area (Å²) < 4.78 is 39.7. The zero-order chi connectivity index (χ0) is 23.6. The number of para-hydroxylation sites is 1. The van der Waals surface area contributed by atoms with Crippen LogP contribution in [0.1, 0.15) is 24.0 Å². The van der Waals surface area contributed by atoms with E-state index in [0.29, 0.717) is 49.3 Å². The minimum atomic E-state index is -4.42. The third kappa shape index (κ3) is 4.99. The number of fused-ring (bicyclic) bond motifs is 1. The summed E-state index contributed by atoms with van der Waals surface area (Å²) in [6, 6.07) is 7.82. The van der Waals surface area contributed by atoms with Crippen LogP contribution in [0.15, 0.2) is 47.7 Å². The largest absolute Gasteiger partial charge is 0.417 e. The van der Waals surface area contributed by atoms with Crippen LogP contribution in [-0.2, 0) is 17.5 Å². The van der Waals surface area contributed by atoms with E-state index >= 15 is 0 Å². The molecule has 1 fully saturated rings.